The molecule has 1 atom stereocenters. The Balaban J connectivity index is 2.14. The summed E-state index contributed by atoms with van der Waals surface area (Å²) >= 11 is 1.82. The summed E-state index contributed by atoms with van der Waals surface area (Å²) in [6.45, 7) is 4.79. The van der Waals surface area contributed by atoms with Gasteiger partial charge in [-0.05, 0) is 25.0 Å². The number of carbonyl (C=O) groups excluding carboxylic acids is 2. The molecule has 108 valence electrons. The van der Waals surface area contributed by atoms with Gasteiger partial charge in [-0.15, -0.1) is 0 Å². The van der Waals surface area contributed by atoms with Crippen molar-refractivity contribution in [3.63, 3.8) is 0 Å². The van der Waals surface area contributed by atoms with Gasteiger partial charge < -0.3 is 10.2 Å². The molecule has 2 amide bonds. The highest BCUT2D eigenvalue weighted by atomic mass is 32.2. The zero-order valence-electron chi connectivity index (χ0n) is 11.9. The molecule has 1 aliphatic heterocycles. The summed E-state index contributed by atoms with van der Waals surface area (Å²) in [6.07, 6.45) is 4.40. The minimum atomic E-state index is -0.570. The van der Waals surface area contributed by atoms with Crippen molar-refractivity contribution in [3.05, 3.63) is 0 Å². The lowest BCUT2D eigenvalue weighted by Gasteiger charge is -2.44. The van der Waals surface area contributed by atoms with E-state index in [0.717, 1.165) is 37.2 Å². The third kappa shape index (κ3) is 2.76. The number of rotatable bonds is 5. The summed E-state index contributed by atoms with van der Waals surface area (Å²) < 4.78 is 0. The highest BCUT2D eigenvalue weighted by molar-refractivity contribution is 7.99. The molecule has 1 saturated carbocycles. The molecule has 1 heterocycles. The van der Waals surface area contributed by atoms with E-state index in [1.807, 2.05) is 23.6 Å². The maximum absolute atomic E-state index is 12.8. The Labute approximate surface area is 119 Å². The van der Waals surface area contributed by atoms with Crippen molar-refractivity contribution in [3.8, 4) is 0 Å². The average Bonchev–Trinajstić information content (AvgIpc) is 2.85. The molecule has 1 spiro atoms. The summed E-state index contributed by atoms with van der Waals surface area (Å²) in [4.78, 5) is 26.9. The summed E-state index contributed by atoms with van der Waals surface area (Å²) in [7, 11) is 0. The molecule has 2 fully saturated rings. The molecule has 19 heavy (non-hydrogen) atoms. The van der Waals surface area contributed by atoms with E-state index in [0.29, 0.717) is 13.0 Å². The molecule has 2 aliphatic rings. The van der Waals surface area contributed by atoms with Crippen molar-refractivity contribution in [2.24, 2.45) is 0 Å². The normalized spacial score (nSPS) is 26.0. The lowest BCUT2D eigenvalue weighted by molar-refractivity contribution is -0.154. The minimum absolute atomic E-state index is 0.0468. The maximum atomic E-state index is 12.8. The van der Waals surface area contributed by atoms with Gasteiger partial charge in [-0.1, -0.05) is 26.7 Å². The highest BCUT2D eigenvalue weighted by Crippen LogP contribution is 2.35. The Morgan fingerprint density at radius 3 is 2.58 bits per heavy atom. The molecule has 1 aliphatic carbocycles. The molecule has 0 aromatic carbocycles. The number of nitrogens with zero attached hydrogens (tertiary/aromatic N) is 1. The third-order valence-corrected chi connectivity index (χ3v) is 5.12. The summed E-state index contributed by atoms with van der Waals surface area (Å²) in [5.74, 6) is 2.18. The topological polar surface area (TPSA) is 49.4 Å². The number of hydrogen-bond donors (Lipinski definition) is 1. The predicted molar refractivity (Wildman–Crippen MR) is 78.1 cm³/mol. The van der Waals surface area contributed by atoms with Crippen molar-refractivity contribution < 1.29 is 9.59 Å². The molecule has 0 aromatic heterocycles. The number of hydrogen-bond acceptors (Lipinski definition) is 3. The van der Waals surface area contributed by atoms with Crippen LogP contribution < -0.4 is 5.32 Å². The van der Waals surface area contributed by atoms with Gasteiger partial charge in [0, 0.05) is 12.3 Å². The van der Waals surface area contributed by atoms with Crippen LogP contribution in [0.15, 0.2) is 0 Å². The van der Waals surface area contributed by atoms with Gasteiger partial charge in [0.25, 0.3) is 0 Å². The molecular weight excluding hydrogens is 260 g/mol. The van der Waals surface area contributed by atoms with E-state index in [4.69, 9.17) is 0 Å². The molecule has 4 nitrogen and oxygen atoms in total. The number of piperazine rings is 1. The van der Waals surface area contributed by atoms with Crippen LogP contribution in [0, 0.1) is 0 Å². The van der Waals surface area contributed by atoms with Crippen LogP contribution >= 0.6 is 11.8 Å². The lowest BCUT2D eigenvalue weighted by Crippen LogP contribution is -2.69. The van der Waals surface area contributed by atoms with Gasteiger partial charge in [-0.25, -0.2) is 0 Å². The summed E-state index contributed by atoms with van der Waals surface area (Å²) in [6, 6.07) is -0.267. The minimum Gasteiger partial charge on any atom is -0.340 e. The monoisotopic (exact) mass is 284 g/mol. The van der Waals surface area contributed by atoms with Crippen molar-refractivity contribution in [2.45, 2.75) is 57.5 Å². The van der Waals surface area contributed by atoms with Crippen molar-refractivity contribution >= 4 is 23.6 Å². The molecular formula is C14H24N2O2S. The first-order valence-corrected chi connectivity index (χ1v) is 8.51. The molecule has 2 rings (SSSR count). The number of nitrogens with one attached hydrogen (secondary N) is 1. The van der Waals surface area contributed by atoms with Crippen molar-refractivity contribution in [1.82, 2.24) is 10.2 Å². The van der Waals surface area contributed by atoms with Gasteiger partial charge in [-0.2, -0.15) is 11.8 Å². The van der Waals surface area contributed by atoms with Crippen LogP contribution in [0.25, 0.3) is 0 Å². The van der Waals surface area contributed by atoms with Crippen LogP contribution in [0.5, 0.6) is 0 Å². The molecule has 1 saturated heterocycles. The summed E-state index contributed by atoms with van der Waals surface area (Å²) in [5, 5.41) is 3.03. The fraction of sp³-hybridized carbons (Fsp3) is 0.857. The van der Waals surface area contributed by atoms with Crippen LogP contribution in [0.4, 0.5) is 0 Å². The predicted octanol–water partition coefficient (Wildman–Crippen LogP) is 1.79. The van der Waals surface area contributed by atoms with Gasteiger partial charge in [-0.3, -0.25) is 9.59 Å². The Morgan fingerprint density at radius 2 is 2.00 bits per heavy atom. The second-order valence-corrected chi connectivity index (χ2v) is 6.79. The van der Waals surface area contributed by atoms with Crippen molar-refractivity contribution in [1.29, 1.82) is 0 Å². The highest BCUT2D eigenvalue weighted by Gasteiger charge is 2.51. The van der Waals surface area contributed by atoms with Gasteiger partial charge in [0.05, 0.1) is 0 Å². The van der Waals surface area contributed by atoms with Crippen LogP contribution in [-0.4, -0.2) is 46.3 Å². The zero-order chi connectivity index (χ0) is 13.9. The lowest BCUT2D eigenvalue weighted by atomic mass is 9.90. The maximum Gasteiger partial charge on any atom is 0.249 e. The van der Waals surface area contributed by atoms with E-state index in [-0.39, 0.29) is 17.9 Å². The van der Waals surface area contributed by atoms with Gasteiger partial charge in [0.2, 0.25) is 11.8 Å². The molecule has 0 bridgehead atoms. The largest absolute Gasteiger partial charge is 0.340 e. The Hall–Kier alpha value is -0.710. The standard InChI is InChI=1S/C14H24N2O2S/c1-3-11-12(17)15-14(7-5-6-8-14)13(18)16(11)9-10-19-4-2/h11H,3-10H2,1-2H3,(H,15,17). The van der Waals surface area contributed by atoms with E-state index in [1.54, 1.807) is 0 Å². The second kappa shape index (κ2) is 6.16. The first-order valence-electron chi connectivity index (χ1n) is 7.35. The van der Waals surface area contributed by atoms with Gasteiger partial charge >= 0.3 is 0 Å². The first-order chi connectivity index (χ1) is 9.14. The molecule has 0 radical (unpaired) electrons. The van der Waals surface area contributed by atoms with Crippen LogP contribution in [0.2, 0.25) is 0 Å². The SMILES string of the molecule is CCSCCN1C(=O)C2(CCCC2)NC(=O)C1CC. The molecule has 5 heteroatoms. The van der Waals surface area contributed by atoms with E-state index < -0.39 is 5.54 Å². The Kier molecular flexibility index (Phi) is 4.76. The van der Waals surface area contributed by atoms with E-state index in [1.165, 1.54) is 0 Å². The number of thioether (sulfide) groups is 1. The molecule has 1 unspecified atom stereocenters. The van der Waals surface area contributed by atoms with E-state index in [2.05, 4.69) is 12.2 Å². The Morgan fingerprint density at radius 1 is 1.32 bits per heavy atom. The number of carbonyl (C=O) groups is 2. The van der Waals surface area contributed by atoms with Crippen LogP contribution in [0.3, 0.4) is 0 Å². The zero-order valence-corrected chi connectivity index (χ0v) is 12.7. The van der Waals surface area contributed by atoms with E-state index in [9.17, 15) is 9.59 Å². The fourth-order valence-corrected chi connectivity index (χ4v) is 3.83. The van der Waals surface area contributed by atoms with Crippen molar-refractivity contribution in [2.75, 3.05) is 18.1 Å². The fourth-order valence-electron chi connectivity index (χ4n) is 3.22. The van der Waals surface area contributed by atoms with Crippen LogP contribution in [0.1, 0.15) is 46.0 Å². The quantitative estimate of drug-likeness (QED) is 0.783. The summed E-state index contributed by atoms with van der Waals surface area (Å²) in [5.41, 5.74) is -0.570. The smallest absolute Gasteiger partial charge is 0.249 e. The third-order valence-electron chi connectivity index (χ3n) is 4.24. The average molecular weight is 284 g/mol. The number of amides is 2. The second-order valence-electron chi connectivity index (χ2n) is 5.40. The first kappa shape index (κ1) is 14.7. The van der Waals surface area contributed by atoms with Gasteiger partial charge in [0.1, 0.15) is 11.6 Å². The Bertz CT molecular complexity index is 353. The molecule has 1 N–H and O–H groups in total. The van der Waals surface area contributed by atoms with E-state index >= 15 is 0 Å². The van der Waals surface area contributed by atoms with Crippen LogP contribution in [-0.2, 0) is 9.59 Å². The molecule has 0 aromatic rings. The van der Waals surface area contributed by atoms with Gasteiger partial charge in [0.15, 0.2) is 0 Å².